The third-order valence-electron chi connectivity index (χ3n) is 6.84. The maximum atomic E-state index is 13.6. The van der Waals surface area contributed by atoms with Crippen LogP contribution in [0.15, 0.2) is 59.4 Å². The van der Waals surface area contributed by atoms with Gasteiger partial charge in [0, 0.05) is 26.1 Å². The Morgan fingerprint density at radius 3 is 2.47 bits per heavy atom. The average molecular weight is 433 g/mol. The van der Waals surface area contributed by atoms with Gasteiger partial charge in [-0.05, 0) is 55.5 Å². The van der Waals surface area contributed by atoms with E-state index in [0.29, 0.717) is 6.54 Å². The van der Waals surface area contributed by atoms with E-state index in [0.717, 1.165) is 55.1 Å². The van der Waals surface area contributed by atoms with Crippen LogP contribution < -0.4 is 10.4 Å². The molecule has 1 atom stereocenters. The van der Waals surface area contributed by atoms with Crippen LogP contribution in [0.2, 0.25) is 0 Å². The number of hydrogen-bond donors (Lipinski definition) is 0. The molecule has 32 heavy (non-hydrogen) atoms. The highest BCUT2D eigenvalue weighted by atomic mass is 16.5. The summed E-state index contributed by atoms with van der Waals surface area (Å²) in [4.78, 5) is 28.5. The van der Waals surface area contributed by atoms with E-state index in [1.807, 2.05) is 59.5 Å². The second-order valence-electron chi connectivity index (χ2n) is 8.84. The third-order valence-corrected chi connectivity index (χ3v) is 6.84. The summed E-state index contributed by atoms with van der Waals surface area (Å²) >= 11 is 0. The number of piperidine rings is 1. The standard InChI is InChI=1S/C25H28N4O3/c1-27-24(31)29(20-8-4-3-5-9-20)22(26-27)18-7-6-16-28(17-18)23(30)25(14-15-25)19-10-12-21(32-2)13-11-19/h3-5,8-13,18H,6-7,14-17H2,1-2H3. The van der Waals surface area contributed by atoms with E-state index < -0.39 is 5.41 Å². The molecule has 1 unspecified atom stereocenters. The number of aromatic nitrogens is 3. The van der Waals surface area contributed by atoms with Gasteiger partial charge in [-0.2, -0.15) is 5.10 Å². The summed E-state index contributed by atoms with van der Waals surface area (Å²) in [5.41, 5.74) is 1.29. The second-order valence-corrected chi connectivity index (χ2v) is 8.84. The average Bonchev–Trinajstić information content (AvgIpc) is 3.60. The molecule has 0 radical (unpaired) electrons. The van der Waals surface area contributed by atoms with Crippen LogP contribution in [0.1, 0.15) is 43.0 Å². The zero-order chi connectivity index (χ0) is 22.3. The van der Waals surface area contributed by atoms with Gasteiger partial charge < -0.3 is 9.64 Å². The molecule has 2 heterocycles. The number of likely N-dealkylation sites (tertiary alicyclic amines) is 1. The number of hydrogen-bond acceptors (Lipinski definition) is 4. The lowest BCUT2D eigenvalue weighted by Gasteiger charge is -2.35. The van der Waals surface area contributed by atoms with E-state index in [2.05, 4.69) is 5.10 Å². The topological polar surface area (TPSA) is 69.4 Å². The molecule has 1 saturated carbocycles. The van der Waals surface area contributed by atoms with Gasteiger partial charge >= 0.3 is 5.69 Å². The molecule has 7 nitrogen and oxygen atoms in total. The van der Waals surface area contributed by atoms with Crippen molar-refractivity contribution >= 4 is 5.91 Å². The maximum Gasteiger partial charge on any atom is 0.350 e. The molecule has 2 fully saturated rings. The number of ether oxygens (including phenoxy) is 1. The largest absolute Gasteiger partial charge is 0.497 e. The lowest BCUT2D eigenvalue weighted by molar-refractivity contribution is -0.135. The number of nitrogens with zero attached hydrogens (tertiary/aromatic N) is 4. The van der Waals surface area contributed by atoms with Crippen LogP contribution in [0.5, 0.6) is 5.75 Å². The Bertz CT molecular complexity index is 1180. The van der Waals surface area contributed by atoms with Crippen LogP contribution in [0, 0.1) is 0 Å². The van der Waals surface area contributed by atoms with Gasteiger partial charge in [-0.15, -0.1) is 0 Å². The Kier molecular flexibility index (Phi) is 5.12. The first-order chi connectivity index (χ1) is 15.5. The van der Waals surface area contributed by atoms with Gasteiger partial charge in [0.1, 0.15) is 11.6 Å². The SMILES string of the molecule is COc1ccc(C2(C(=O)N3CCCC(c4nn(C)c(=O)n4-c4ccccc4)C3)CC2)cc1. The molecular formula is C25H28N4O3. The highest BCUT2D eigenvalue weighted by molar-refractivity contribution is 5.91. The van der Waals surface area contributed by atoms with Crippen molar-refractivity contribution in [1.29, 1.82) is 0 Å². The zero-order valence-corrected chi connectivity index (χ0v) is 18.5. The molecular weight excluding hydrogens is 404 g/mol. The molecule has 1 saturated heterocycles. The first-order valence-corrected chi connectivity index (χ1v) is 11.2. The Hall–Kier alpha value is -3.35. The number of aryl methyl sites for hydroxylation is 1. The number of para-hydroxylation sites is 1. The molecule has 1 amide bonds. The summed E-state index contributed by atoms with van der Waals surface area (Å²) in [6, 6.07) is 17.5. The molecule has 5 rings (SSSR count). The molecule has 1 aliphatic carbocycles. The minimum atomic E-state index is -0.419. The normalized spacial score (nSPS) is 19.6. The second kappa shape index (κ2) is 7.97. The van der Waals surface area contributed by atoms with Crippen molar-refractivity contribution in [2.75, 3.05) is 20.2 Å². The van der Waals surface area contributed by atoms with Crippen molar-refractivity contribution in [1.82, 2.24) is 19.2 Å². The van der Waals surface area contributed by atoms with Crippen LogP contribution in [0.3, 0.4) is 0 Å². The molecule has 166 valence electrons. The fraction of sp³-hybridized carbons (Fsp3) is 0.400. The van der Waals surface area contributed by atoms with E-state index in [9.17, 15) is 9.59 Å². The smallest absolute Gasteiger partial charge is 0.350 e. The molecule has 0 bridgehead atoms. The quantitative estimate of drug-likeness (QED) is 0.622. The zero-order valence-electron chi connectivity index (χ0n) is 18.5. The predicted molar refractivity (Wildman–Crippen MR) is 121 cm³/mol. The molecule has 2 aliphatic rings. The Morgan fingerprint density at radius 2 is 1.81 bits per heavy atom. The number of methoxy groups -OCH3 is 1. The van der Waals surface area contributed by atoms with Crippen LogP contribution in [-0.2, 0) is 17.3 Å². The van der Waals surface area contributed by atoms with E-state index in [1.54, 1.807) is 18.7 Å². The van der Waals surface area contributed by atoms with Gasteiger partial charge in [-0.3, -0.25) is 4.79 Å². The summed E-state index contributed by atoms with van der Waals surface area (Å²) < 4.78 is 8.35. The van der Waals surface area contributed by atoms with Crippen molar-refractivity contribution in [2.24, 2.45) is 7.05 Å². The van der Waals surface area contributed by atoms with Crippen molar-refractivity contribution in [3.8, 4) is 11.4 Å². The lowest BCUT2D eigenvalue weighted by atomic mass is 9.91. The first kappa shape index (κ1) is 20.5. The lowest BCUT2D eigenvalue weighted by Crippen LogP contribution is -2.45. The van der Waals surface area contributed by atoms with E-state index in [1.165, 1.54) is 4.68 Å². The van der Waals surface area contributed by atoms with Crippen LogP contribution >= 0.6 is 0 Å². The molecule has 1 aromatic heterocycles. The van der Waals surface area contributed by atoms with Crippen molar-refractivity contribution in [2.45, 2.75) is 37.0 Å². The molecule has 2 aromatic carbocycles. The van der Waals surface area contributed by atoms with Crippen molar-refractivity contribution in [3.63, 3.8) is 0 Å². The fourth-order valence-electron chi connectivity index (χ4n) is 4.90. The fourth-order valence-corrected chi connectivity index (χ4v) is 4.90. The van der Waals surface area contributed by atoms with Gasteiger partial charge in [-0.1, -0.05) is 30.3 Å². The summed E-state index contributed by atoms with van der Waals surface area (Å²) in [6.07, 6.45) is 3.55. The Balaban J connectivity index is 1.42. The molecule has 0 spiro atoms. The summed E-state index contributed by atoms with van der Waals surface area (Å²) in [5.74, 6) is 1.74. The predicted octanol–water partition coefficient (Wildman–Crippen LogP) is 3.02. The summed E-state index contributed by atoms with van der Waals surface area (Å²) in [6.45, 7) is 1.33. The van der Waals surface area contributed by atoms with Gasteiger partial charge in [-0.25, -0.2) is 14.0 Å². The number of carbonyl (C=O) groups is 1. The molecule has 0 N–H and O–H groups in total. The third kappa shape index (κ3) is 3.42. The van der Waals surface area contributed by atoms with Gasteiger partial charge in [0.25, 0.3) is 0 Å². The summed E-state index contributed by atoms with van der Waals surface area (Å²) in [5, 5.41) is 4.57. The number of amides is 1. The molecule has 1 aliphatic heterocycles. The number of rotatable bonds is 5. The minimum Gasteiger partial charge on any atom is -0.497 e. The van der Waals surface area contributed by atoms with E-state index >= 15 is 0 Å². The van der Waals surface area contributed by atoms with Crippen molar-refractivity contribution < 1.29 is 9.53 Å². The van der Waals surface area contributed by atoms with Gasteiger partial charge in [0.05, 0.1) is 18.2 Å². The minimum absolute atomic E-state index is 0.0217. The monoisotopic (exact) mass is 432 g/mol. The van der Waals surface area contributed by atoms with Gasteiger partial charge in [0.15, 0.2) is 0 Å². The van der Waals surface area contributed by atoms with Crippen molar-refractivity contribution in [3.05, 3.63) is 76.5 Å². The van der Waals surface area contributed by atoms with Gasteiger partial charge in [0.2, 0.25) is 5.91 Å². The van der Waals surface area contributed by atoms with Crippen LogP contribution in [-0.4, -0.2) is 45.4 Å². The first-order valence-electron chi connectivity index (χ1n) is 11.2. The Labute approximate surface area is 187 Å². The number of benzene rings is 2. The van der Waals surface area contributed by atoms with Crippen LogP contribution in [0.4, 0.5) is 0 Å². The molecule has 3 aromatic rings. The Morgan fingerprint density at radius 1 is 1.09 bits per heavy atom. The number of carbonyl (C=O) groups excluding carboxylic acids is 1. The van der Waals surface area contributed by atoms with E-state index in [-0.39, 0.29) is 17.5 Å². The highest BCUT2D eigenvalue weighted by Crippen LogP contribution is 2.50. The molecule has 7 heteroatoms. The summed E-state index contributed by atoms with van der Waals surface area (Å²) in [7, 11) is 3.33. The highest BCUT2D eigenvalue weighted by Gasteiger charge is 2.53. The maximum absolute atomic E-state index is 13.6. The van der Waals surface area contributed by atoms with E-state index in [4.69, 9.17) is 4.74 Å². The van der Waals surface area contributed by atoms with Crippen LogP contribution in [0.25, 0.3) is 5.69 Å².